The number of aromatic nitrogens is 2. The van der Waals surface area contributed by atoms with Crippen LogP contribution in [0.3, 0.4) is 0 Å². The number of nitrogens with zero attached hydrogens (tertiary/aromatic N) is 3. The summed E-state index contributed by atoms with van der Waals surface area (Å²) in [6, 6.07) is 7.78. The molecule has 5 heteroatoms. The van der Waals surface area contributed by atoms with Crippen LogP contribution in [0.1, 0.15) is 49.4 Å². The van der Waals surface area contributed by atoms with Crippen LogP contribution in [0.4, 0.5) is 0 Å². The third-order valence-electron chi connectivity index (χ3n) is 4.12. The molecule has 1 fully saturated rings. The van der Waals surface area contributed by atoms with Gasteiger partial charge in [0.05, 0.1) is 6.54 Å². The second-order valence-corrected chi connectivity index (χ2v) is 6.32. The third-order valence-corrected chi connectivity index (χ3v) is 4.49. The van der Waals surface area contributed by atoms with Gasteiger partial charge in [0.2, 0.25) is 5.89 Å². The van der Waals surface area contributed by atoms with Gasteiger partial charge in [0.25, 0.3) is 0 Å². The van der Waals surface area contributed by atoms with Crippen LogP contribution in [-0.2, 0) is 13.0 Å². The molecule has 0 radical (unpaired) electrons. The summed E-state index contributed by atoms with van der Waals surface area (Å²) in [7, 11) is 0. The Morgan fingerprint density at radius 2 is 1.77 bits per heavy atom. The summed E-state index contributed by atoms with van der Waals surface area (Å²) in [5, 5.41) is 4.84. The molecule has 0 bridgehead atoms. The molecule has 4 nitrogen and oxygen atoms in total. The minimum atomic E-state index is 0.614. The van der Waals surface area contributed by atoms with E-state index >= 15 is 0 Å². The van der Waals surface area contributed by atoms with Crippen molar-refractivity contribution in [2.75, 3.05) is 13.1 Å². The summed E-state index contributed by atoms with van der Waals surface area (Å²) in [5.74, 6) is 1.41. The van der Waals surface area contributed by atoms with Crippen LogP contribution in [0, 0.1) is 0 Å². The van der Waals surface area contributed by atoms with E-state index in [1.54, 1.807) is 0 Å². The largest absolute Gasteiger partial charge is 0.338 e. The van der Waals surface area contributed by atoms with Crippen molar-refractivity contribution in [1.82, 2.24) is 15.0 Å². The maximum Gasteiger partial charge on any atom is 0.240 e. The first-order valence-corrected chi connectivity index (χ1v) is 8.46. The number of likely N-dealkylation sites (tertiary alicyclic amines) is 1. The Morgan fingerprint density at radius 1 is 1.05 bits per heavy atom. The average molecular weight is 320 g/mol. The van der Waals surface area contributed by atoms with Crippen LogP contribution >= 0.6 is 11.6 Å². The first-order chi connectivity index (χ1) is 10.8. The van der Waals surface area contributed by atoms with E-state index < -0.39 is 0 Å². The molecular formula is C17H22ClN3O. The standard InChI is InChI=1S/C17H22ClN3O/c18-15-9-5-4-8-14(15)12-16-19-17(22-20-16)13-21-10-6-2-1-3-7-11-21/h4-5,8-9H,1-3,6-7,10-13H2. The highest BCUT2D eigenvalue weighted by Gasteiger charge is 2.14. The van der Waals surface area contributed by atoms with Crippen LogP contribution in [0.5, 0.6) is 0 Å². The van der Waals surface area contributed by atoms with Crippen molar-refractivity contribution in [2.24, 2.45) is 0 Å². The Balaban J connectivity index is 1.60. The molecule has 0 unspecified atom stereocenters. The fourth-order valence-electron chi connectivity index (χ4n) is 2.90. The molecule has 0 N–H and O–H groups in total. The summed E-state index contributed by atoms with van der Waals surface area (Å²) in [4.78, 5) is 6.94. The van der Waals surface area contributed by atoms with Gasteiger partial charge >= 0.3 is 0 Å². The van der Waals surface area contributed by atoms with Crippen molar-refractivity contribution >= 4 is 11.6 Å². The Bertz CT molecular complexity index is 591. The topological polar surface area (TPSA) is 42.2 Å². The number of halogens is 1. The van der Waals surface area contributed by atoms with E-state index in [9.17, 15) is 0 Å². The summed E-state index contributed by atoms with van der Waals surface area (Å²) in [5.41, 5.74) is 1.03. The molecule has 1 aromatic carbocycles. The summed E-state index contributed by atoms with van der Waals surface area (Å²) in [6.45, 7) is 3.01. The Morgan fingerprint density at radius 3 is 2.55 bits per heavy atom. The quantitative estimate of drug-likeness (QED) is 0.851. The van der Waals surface area contributed by atoms with Gasteiger partial charge in [-0.05, 0) is 37.6 Å². The Hall–Kier alpha value is -1.39. The Kier molecular flexibility index (Phi) is 5.46. The highest BCUT2D eigenvalue weighted by Crippen LogP contribution is 2.18. The third kappa shape index (κ3) is 4.31. The van der Waals surface area contributed by atoms with Crippen LogP contribution in [0.2, 0.25) is 5.02 Å². The molecule has 1 saturated heterocycles. The van der Waals surface area contributed by atoms with Crippen molar-refractivity contribution in [3.05, 3.63) is 46.6 Å². The summed E-state index contributed by atoms with van der Waals surface area (Å²) in [6.07, 6.45) is 7.18. The molecule has 0 saturated carbocycles. The van der Waals surface area contributed by atoms with Gasteiger partial charge in [-0.3, -0.25) is 4.90 Å². The average Bonchev–Trinajstić information content (AvgIpc) is 2.91. The van der Waals surface area contributed by atoms with E-state index in [1.165, 1.54) is 32.1 Å². The molecule has 2 heterocycles. The fourth-order valence-corrected chi connectivity index (χ4v) is 3.10. The highest BCUT2D eigenvalue weighted by atomic mass is 35.5. The van der Waals surface area contributed by atoms with E-state index in [0.29, 0.717) is 18.1 Å². The van der Waals surface area contributed by atoms with Gasteiger partial charge in [-0.25, -0.2) is 0 Å². The molecule has 22 heavy (non-hydrogen) atoms. The molecule has 3 rings (SSSR count). The summed E-state index contributed by atoms with van der Waals surface area (Å²) >= 11 is 6.18. The molecule has 1 aliphatic heterocycles. The molecule has 118 valence electrons. The highest BCUT2D eigenvalue weighted by molar-refractivity contribution is 6.31. The lowest BCUT2D eigenvalue weighted by molar-refractivity contribution is 0.208. The Labute approximate surface area is 136 Å². The molecule has 1 aliphatic rings. The monoisotopic (exact) mass is 319 g/mol. The van der Waals surface area contributed by atoms with Crippen LogP contribution < -0.4 is 0 Å². The van der Waals surface area contributed by atoms with Crippen LogP contribution in [0.25, 0.3) is 0 Å². The van der Waals surface area contributed by atoms with Crippen molar-refractivity contribution < 1.29 is 4.52 Å². The smallest absolute Gasteiger partial charge is 0.240 e. The van der Waals surface area contributed by atoms with Crippen molar-refractivity contribution in [3.63, 3.8) is 0 Å². The van der Waals surface area contributed by atoms with E-state index in [-0.39, 0.29) is 0 Å². The lowest BCUT2D eigenvalue weighted by Crippen LogP contribution is -2.27. The number of hydrogen-bond donors (Lipinski definition) is 0. The van der Waals surface area contributed by atoms with Crippen LogP contribution in [-0.4, -0.2) is 28.1 Å². The normalized spacial score (nSPS) is 17.1. The molecular weight excluding hydrogens is 298 g/mol. The minimum absolute atomic E-state index is 0.614. The second-order valence-electron chi connectivity index (χ2n) is 5.92. The zero-order valence-corrected chi connectivity index (χ0v) is 13.6. The molecule has 0 spiro atoms. The van der Waals surface area contributed by atoms with Gasteiger partial charge in [0.1, 0.15) is 0 Å². The maximum absolute atomic E-state index is 6.18. The molecule has 0 atom stereocenters. The SMILES string of the molecule is Clc1ccccc1Cc1noc(CN2CCCCCCC2)n1. The number of rotatable bonds is 4. The van der Waals surface area contributed by atoms with E-state index in [4.69, 9.17) is 16.1 Å². The lowest BCUT2D eigenvalue weighted by Gasteiger charge is -2.22. The van der Waals surface area contributed by atoms with Gasteiger partial charge in [-0.2, -0.15) is 4.98 Å². The molecule has 0 aliphatic carbocycles. The van der Waals surface area contributed by atoms with Crippen molar-refractivity contribution in [1.29, 1.82) is 0 Å². The lowest BCUT2D eigenvalue weighted by atomic mass is 10.1. The first-order valence-electron chi connectivity index (χ1n) is 8.08. The fraction of sp³-hybridized carbons (Fsp3) is 0.529. The predicted molar refractivity (Wildman–Crippen MR) is 86.9 cm³/mol. The van der Waals surface area contributed by atoms with Crippen molar-refractivity contribution in [3.8, 4) is 0 Å². The van der Waals surface area contributed by atoms with Gasteiger partial charge in [0.15, 0.2) is 5.82 Å². The summed E-state index contributed by atoms with van der Waals surface area (Å²) < 4.78 is 5.41. The number of hydrogen-bond acceptors (Lipinski definition) is 4. The van der Waals surface area contributed by atoms with Gasteiger partial charge < -0.3 is 4.52 Å². The zero-order valence-electron chi connectivity index (χ0n) is 12.8. The minimum Gasteiger partial charge on any atom is -0.338 e. The predicted octanol–water partition coefficient (Wildman–Crippen LogP) is 4.08. The van der Waals surface area contributed by atoms with Gasteiger partial charge in [0, 0.05) is 11.4 Å². The van der Waals surface area contributed by atoms with E-state index in [0.717, 1.165) is 30.2 Å². The van der Waals surface area contributed by atoms with E-state index in [1.807, 2.05) is 24.3 Å². The zero-order chi connectivity index (χ0) is 15.2. The first kappa shape index (κ1) is 15.5. The number of benzene rings is 1. The van der Waals surface area contributed by atoms with Crippen LogP contribution in [0.15, 0.2) is 28.8 Å². The van der Waals surface area contributed by atoms with Crippen molar-refractivity contribution in [2.45, 2.75) is 45.1 Å². The molecule has 1 aromatic heterocycles. The molecule has 2 aromatic rings. The van der Waals surface area contributed by atoms with E-state index in [2.05, 4.69) is 15.0 Å². The molecule has 0 amide bonds. The van der Waals surface area contributed by atoms with Gasteiger partial charge in [-0.1, -0.05) is 54.2 Å². The van der Waals surface area contributed by atoms with Gasteiger partial charge in [-0.15, -0.1) is 0 Å². The maximum atomic E-state index is 6.18. The second kappa shape index (κ2) is 7.75.